The highest BCUT2D eigenvalue weighted by molar-refractivity contribution is 5.68. The van der Waals surface area contributed by atoms with Crippen molar-refractivity contribution in [3.8, 4) is 0 Å². The molecule has 0 aromatic carbocycles. The number of hydrogen-bond donors (Lipinski definition) is 1. The molecule has 1 aliphatic heterocycles. The quantitative estimate of drug-likeness (QED) is 0.925. The number of aromatic nitrogens is 3. The lowest BCUT2D eigenvalue weighted by molar-refractivity contribution is -0.187. The van der Waals surface area contributed by atoms with Gasteiger partial charge in [0.2, 0.25) is 0 Å². The normalized spacial score (nSPS) is 23.9. The summed E-state index contributed by atoms with van der Waals surface area (Å²) in [4.78, 5) is 5.66. The SMILES string of the molecule is Cc1cc2c(N[C@H]3CC[C@H](C(F)(F)F)N(C)C3)nccn2n1. The van der Waals surface area contributed by atoms with Crippen molar-refractivity contribution in [3.63, 3.8) is 0 Å². The summed E-state index contributed by atoms with van der Waals surface area (Å²) in [6, 6.07) is 0.490. The maximum atomic E-state index is 12.9. The van der Waals surface area contributed by atoms with Crippen LogP contribution < -0.4 is 5.32 Å². The zero-order chi connectivity index (χ0) is 15.9. The van der Waals surface area contributed by atoms with E-state index in [1.807, 2.05) is 13.0 Å². The number of hydrogen-bond acceptors (Lipinski definition) is 4. The average molecular weight is 313 g/mol. The van der Waals surface area contributed by atoms with Gasteiger partial charge in [-0.15, -0.1) is 0 Å². The van der Waals surface area contributed by atoms with Crippen LogP contribution in [0, 0.1) is 6.92 Å². The molecule has 1 fully saturated rings. The second kappa shape index (κ2) is 5.42. The van der Waals surface area contributed by atoms with Crippen LogP contribution >= 0.6 is 0 Å². The van der Waals surface area contributed by atoms with Crippen LogP contribution in [0.15, 0.2) is 18.5 Å². The van der Waals surface area contributed by atoms with E-state index in [0.717, 1.165) is 11.2 Å². The van der Waals surface area contributed by atoms with Crippen molar-refractivity contribution in [2.45, 2.75) is 38.0 Å². The number of alkyl halides is 3. The maximum absolute atomic E-state index is 12.9. The molecule has 2 atom stereocenters. The highest BCUT2D eigenvalue weighted by Gasteiger charge is 2.44. The number of anilines is 1. The first kappa shape index (κ1) is 15.1. The van der Waals surface area contributed by atoms with Gasteiger partial charge >= 0.3 is 6.18 Å². The van der Waals surface area contributed by atoms with Crippen LogP contribution in [0.4, 0.5) is 19.0 Å². The number of halogens is 3. The van der Waals surface area contributed by atoms with Crippen molar-refractivity contribution in [2.75, 3.05) is 18.9 Å². The minimum atomic E-state index is -4.17. The van der Waals surface area contributed by atoms with Crippen molar-refractivity contribution in [2.24, 2.45) is 0 Å². The zero-order valence-corrected chi connectivity index (χ0v) is 12.4. The lowest BCUT2D eigenvalue weighted by atomic mass is 9.98. The van der Waals surface area contributed by atoms with Crippen LogP contribution in [0.2, 0.25) is 0 Å². The second-order valence-corrected chi connectivity index (χ2v) is 5.81. The van der Waals surface area contributed by atoms with E-state index < -0.39 is 12.2 Å². The van der Waals surface area contributed by atoms with E-state index in [0.29, 0.717) is 18.8 Å². The number of likely N-dealkylation sites (tertiary alicyclic amines) is 1. The van der Waals surface area contributed by atoms with Crippen molar-refractivity contribution < 1.29 is 13.2 Å². The number of piperidine rings is 1. The minimum absolute atomic E-state index is 0.0579. The smallest absolute Gasteiger partial charge is 0.364 e. The minimum Gasteiger partial charge on any atom is -0.364 e. The first-order valence-electron chi connectivity index (χ1n) is 7.19. The average Bonchev–Trinajstić information content (AvgIpc) is 2.79. The monoisotopic (exact) mass is 313 g/mol. The van der Waals surface area contributed by atoms with Gasteiger partial charge in [0, 0.05) is 25.0 Å². The Kier molecular flexibility index (Phi) is 3.72. The molecule has 1 N–H and O–H groups in total. The van der Waals surface area contributed by atoms with Crippen LogP contribution in [-0.4, -0.2) is 51.4 Å². The van der Waals surface area contributed by atoms with E-state index in [2.05, 4.69) is 15.4 Å². The molecule has 120 valence electrons. The van der Waals surface area contributed by atoms with Gasteiger partial charge in [0.1, 0.15) is 11.6 Å². The van der Waals surface area contributed by atoms with E-state index in [1.165, 1.54) is 11.9 Å². The molecule has 3 heterocycles. The molecular weight excluding hydrogens is 295 g/mol. The summed E-state index contributed by atoms with van der Waals surface area (Å²) in [6.07, 6.45) is -0.225. The molecule has 2 aromatic rings. The molecule has 0 unspecified atom stereocenters. The standard InChI is InChI=1S/C14H18F3N5/c1-9-7-11-13(18-5-6-22(11)20-9)19-10-3-4-12(14(15,16)17)21(2)8-10/h5-7,10,12H,3-4,8H2,1-2H3,(H,18,19)/t10-,12+/m0/s1. The Morgan fingerprint density at radius 1 is 1.32 bits per heavy atom. The molecule has 1 aliphatic rings. The number of aryl methyl sites for hydroxylation is 1. The third-order valence-corrected chi connectivity index (χ3v) is 4.06. The van der Waals surface area contributed by atoms with Gasteiger partial charge in [0.25, 0.3) is 0 Å². The van der Waals surface area contributed by atoms with Gasteiger partial charge in [-0.05, 0) is 32.9 Å². The first-order chi connectivity index (χ1) is 10.3. The van der Waals surface area contributed by atoms with Gasteiger partial charge in [-0.3, -0.25) is 4.90 Å². The maximum Gasteiger partial charge on any atom is 0.404 e. The molecule has 0 saturated carbocycles. The fourth-order valence-corrected chi connectivity index (χ4v) is 3.03. The molecule has 0 amide bonds. The van der Waals surface area contributed by atoms with Crippen LogP contribution in [0.1, 0.15) is 18.5 Å². The molecule has 2 aromatic heterocycles. The van der Waals surface area contributed by atoms with Crippen LogP contribution in [0.5, 0.6) is 0 Å². The predicted octanol–water partition coefficient (Wildman–Crippen LogP) is 2.47. The summed E-state index contributed by atoms with van der Waals surface area (Å²) in [7, 11) is 1.52. The Bertz CT molecular complexity index is 666. The predicted molar refractivity (Wildman–Crippen MR) is 76.8 cm³/mol. The fraction of sp³-hybridized carbons (Fsp3) is 0.571. The Morgan fingerprint density at radius 3 is 2.77 bits per heavy atom. The molecule has 0 spiro atoms. The van der Waals surface area contributed by atoms with Crippen LogP contribution in [0.25, 0.3) is 5.52 Å². The van der Waals surface area contributed by atoms with Gasteiger partial charge < -0.3 is 5.32 Å². The van der Waals surface area contributed by atoms with Crippen molar-refractivity contribution in [1.29, 1.82) is 0 Å². The summed E-state index contributed by atoms with van der Waals surface area (Å²) in [5, 5.41) is 7.56. The molecule has 3 rings (SSSR count). The molecule has 0 bridgehead atoms. The second-order valence-electron chi connectivity index (χ2n) is 5.81. The molecule has 0 aliphatic carbocycles. The number of fused-ring (bicyclic) bond motifs is 1. The highest BCUT2D eigenvalue weighted by atomic mass is 19.4. The summed E-state index contributed by atoms with van der Waals surface area (Å²) >= 11 is 0. The largest absolute Gasteiger partial charge is 0.404 e. The molecule has 8 heteroatoms. The molecule has 0 radical (unpaired) electrons. The van der Waals surface area contributed by atoms with Crippen molar-refractivity contribution >= 4 is 11.3 Å². The summed E-state index contributed by atoms with van der Waals surface area (Å²) in [6.45, 7) is 2.22. The highest BCUT2D eigenvalue weighted by Crippen LogP contribution is 2.31. The summed E-state index contributed by atoms with van der Waals surface area (Å²) in [5.41, 5.74) is 1.70. The fourth-order valence-electron chi connectivity index (χ4n) is 3.03. The van der Waals surface area contributed by atoms with Gasteiger partial charge in [-0.2, -0.15) is 18.3 Å². The molecule has 22 heavy (non-hydrogen) atoms. The Morgan fingerprint density at radius 2 is 2.09 bits per heavy atom. The van der Waals surface area contributed by atoms with E-state index in [1.54, 1.807) is 16.9 Å². The van der Waals surface area contributed by atoms with E-state index in [-0.39, 0.29) is 12.5 Å². The number of likely N-dealkylation sites (N-methyl/N-ethyl adjacent to an activating group) is 1. The van der Waals surface area contributed by atoms with E-state index in [4.69, 9.17) is 0 Å². The lowest BCUT2D eigenvalue weighted by Gasteiger charge is -2.38. The number of nitrogens with one attached hydrogen (secondary N) is 1. The number of nitrogens with zero attached hydrogens (tertiary/aromatic N) is 4. The van der Waals surface area contributed by atoms with Gasteiger partial charge in [-0.1, -0.05) is 0 Å². The van der Waals surface area contributed by atoms with Crippen LogP contribution in [-0.2, 0) is 0 Å². The lowest BCUT2D eigenvalue weighted by Crippen LogP contribution is -2.52. The Labute approximate surface area is 126 Å². The van der Waals surface area contributed by atoms with Crippen LogP contribution in [0.3, 0.4) is 0 Å². The van der Waals surface area contributed by atoms with E-state index in [9.17, 15) is 13.2 Å². The molecule has 1 saturated heterocycles. The number of rotatable bonds is 2. The van der Waals surface area contributed by atoms with Crippen molar-refractivity contribution in [3.05, 3.63) is 24.2 Å². The molecule has 5 nitrogen and oxygen atoms in total. The van der Waals surface area contributed by atoms with Gasteiger partial charge in [0.05, 0.1) is 5.69 Å². The molecular formula is C14H18F3N5. The third kappa shape index (κ3) is 2.87. The Balaban J connectivity index is 1.74. The Hall–Kier alpha value is -1.83. The topological polar surface area (TPSA) is 45.5 Å². The van der Waals surface area contributed by atoms with Gasteiger partial charge in [-0.25, -0.2) is 9.50 Å². The summed E-state index contributed by atoms with van der Waals surface area (Å²) in [5.74, 6) is 0.659. The summed E-state index contributed by atoms with van der Waals surface area (Å²) < 4.78 is 40.3. The van der Waals surface area contributed by atoms with Crippen molar-refractivity contribution in [1.82, 2.24) is 19.5 Å². The third-order valence-electron chi connectivity index (χ3n) is 4.06. The van der Waals surface area contributed by atoms with E-state index >= 15 is 0 Å². The zero-order valence-electron chi connectivity index (χ0n) is 12.4. The van der Waals surface area contributed by atoms with Gasteiger partial charge in [0.15, 0.2) is 5.82 Å². The first-order valence-corrected chi connectivity index (χ1v) is 7.19.